The number of guanidine groups is 1. The predicted molar refractivity (Wildman–Crippen MR) is 120 cm³/mol. The minimum Gasteiger partial charge on any atom is -0.378 e. The normalized spacial score (nSPS) is 28.7. The molecule has 1 spiro atoms. The first kappa shape index (κ1) is 24.1. The van der Waals surface area contributed by atoms with Crippen LogP contribution in [-0.4, -0.2) is 68.8 Å². The maximum absolute atomic E-state index is 12.5. The van der Waals surface area contributed by atoms with Gasteiger partial charge in [-0.3, -0.25) is 9.89 Å². The molecule has 2 saturated carbocycles. The first-order valence-electron chi connectivity index (χ1n) is 10.7. The zero-order valence-corrected chi connectivity index (χ0v) is 19.6. The smallest absolute Gasteiger partial charge is 0.251 e. The molecule has 3 rings (SSSR count). The average molecular weight is 514 g/mol. The summed E-state index contributed by atoms with van der Waals surface area (Å²) >= 11 is 0. The molecule has 2 atom stereocenters. The molecule has 164 valence electrons. The second-order valence-electron chi connectivity index (χ2n) is 8.35. The summed E-state index contributed by atoms with van der Waals surface area (Å²) in [6.45, 7) is 4.20. The van der Waals surface area contributed by atoms with E-state index in [9.17, 15) is 8.78 Å². The summed E-state index contributed by atoms with van der Waals surface area (Å²) in [6, 6.07) is 0.717. The maximum Gasteiger partial charge on any atom is 0.251 e. The Hall–Kier alpha value is -0.220. The highest BCUT2D eigenvalue weighted by Crippen LogP contribution is 2.53. The molecule has 28 heavy (non-hydrogen) atoms. The van der Waals surface area contributed by atoms with Gasteiger partial charge < -0.3 is 15.4 Å². The van der Waals surface area contributed by atoms with Crippen molar-refractivity contribution in [1.82, 2.24) is 15.5 Å². The van der Waals surface area contributed by atoms with E-state index in [0.29, 0.717) is 18.2 Å². The third-order valence-electron chi connectivity index (χ3n) is 6.80. The maximum atomic E-state index is 12.5. The number of alkyl halides is 2. The molecule has 0 aromatic rings. The highest BCUT2D eigenvalue weighted by molar-refractivity contribution is 14.0. The third kappa shape index (κ3) is 5.68. The van der Waals surface area contributed by atoms with E-state index in [-0.39, 0.29) is 35.9 Å². The van der Waals surface area contributed by atoms with E-state index in [0.717, 1.165) is 44.9 Å². The van der Waals surface area contributed by atoms with Crippen molar-refractivity contribution in [3.05, 3.63) is 0 Å². The SMILES string of the molecule is CCOC1CC(NC(=NC)NC2CCN(CC(F)F)CC2)C12CCCCC2.I. The van der Waals surface area contributed by atoms with Gasteiger partial charge >= 0.3 is 0 Å². The van der Waals surface area contributed by atoms with Crippen LogP contribution in [0.3, 0.4) is 0 Å². The van der Waals surface area contributed by atoms with Crippen LogP contribution in [0.15, 0.2) is 4.99 Å². The van der Waals surface area contributed by atoms with E-state index in [4.69, 9.17) is 4.74 Å². The standard InChI is InChI=1S/C20H36F2N4O.HI/c1-3-27-17-13-16(20(17)9-5-4-6-10-20)25-19(23-2)24-15-7-11-26(12-8-15)14-18(21)22;/h15-18H,3-14H2,1-2H3,(H2,23,24,25);1H. The van der Waals surface area contributed by atoms with Gasteiger partial charge in [0.2, 0.25) is 0 Å². The molecule has 3 fully saturated rings. The van der Waals surface area contributed by atoms with Crippen molar-refractivity contribution in [2.24, 2.45) is 10.4 Å². The van der Waals surface area contributed by atoms with Crippen LogP contribution in [0.5, 0.6) is 0 Å². The van der Waals surface area contributed by atoms with Crippen molar-refractivity contribution in [2.45, 2.75) is 82.9 Å². The van der Waals surface area contributed by atoms with E-state index in [1.165, 1.54) is 32.1 Å². The van der Waals surface area contributed by atoms with Gasteiger partial charge in [-0.25, -0.2) is 8.78 Å². The molecule has 1 aliphatic heterocycles. The summed E-state index contributed by atoms with van der Waals surface area (Å²) < 4.78 is 31.1. The number of hydrogen-bond acceptors (Lipinski definition) is 3. The van der Waals surface area contributed by atoms with Crippen molar-refractivity contribution >= 4 is 29.9 Å². The Morgan fingerprint density at radius 1 is 1.18 bits per heavy atom. The van der Waals surface area contributed by atoms with Crippen molar-refractivity contribution in [3.63, 3.8) is 0 Å². The molecule has 1 heterocycles. The van der Waals surface area contributed by atoms with E-state index in [2.05, 4.69) is 22.5 Å². The number of halogens is 3. The molecule has 0 amide bonds. The largest absolute Gasteiger partial charge is 0.378 e. The minimum atomic E-state index is -2.24. The van der Waals surface area contributed by atoms with Gasteiger partial charge in [0.05, 0.1) is 12.6 Å². The predicted octanol–water partition coefficient (Wildman–Crippen LogP) is 3.63. The van der Waals surface area contributed by atoms with Gasteiger partial charge in [-0.1, -0.05) is 19.3 Å². The highest BCUT2D eigenvalue weighted by Gasteiger charge is 2.55. The molecule has 2 unspecified atom stereocenters. The van der Waals surface area contributed by atoms with Crippen LogP contribution in [0.2, 0.25) is 0 Å². The van der Waals surface area contributed by atoms with Gasteiger partial charge in [0.25, 0.3) is 6.43 Å². The Kier molecular flexibility index (Phi) is 9.66. The molecule has 2 N–H and O–H groups in total. The summed E-state index contributed by atoms with van der Waals surface area (Å²) in [6.07, 6.45) is 7.31. The fraction of sp³-hybridized carbons (Fsp3) is 0.950. The van der Waals surface area contributed by atoms with Crippen molar-refractivity contribution in [1.29, 1.82) is 0 Å². The van der Waals surface area contributed by atoms with E-state index in [1.807, 2.05) is 11.9 Å². The number of nitrogens with zero attached hydrogens (tertiary/aromatic N) is 2. The number of rotatable bonds is 6. The zero-order chi connectivity index (χ0) is 19.3. The van der Waals surface area contributed by atoms with Crippen LogP contribution in [0.4, 0.5) is 8.78 Å². The Morgan fingerprint density at radius 3 is 2.43 bits per heavy atom. The lowest BCUT2D eigenvalue weighted by molar-refractivity contribution is -0.145. The number of piperidine rings is 1. The van der Waals surface area contributed by atoms with Crippen LogP contribution in [-0.2, 0) is 4.74 Å². The number of hydrogen-bond donors (Lipinski definition) is 2. The summed E-state index contributed by atoms with van der Waals surface area (Å²) in [4.78, 5) is 6.30. The van der Waals surface area contributed by atoms with Crippen molar-refractivity contribution in [3.8, 4) is 0 Å². The number of aliphatic imine (C=N–C) groups is 1. The molecule has 3 aliphatic rings. The molecule has 0 aromatic heterocycles. The van der Waals surface area contributed by atoms with Gasteiger partial charge in [-0.15, -0.1) is 24.0 Å². The summed E-state index contributed by atoms with van der Waals surface area (Å²) in [5.41, 5.74) is 0.256. The molecule has 8 heteroatoms. The molecule has 0 bridgehead atoms. The van der Waals surface area contributed by atoms with Gasteiger partial charge in [-0.05, 0) is 39.0 Å². The van der Waals surface area contributed by atoms with Gasteiger partial charge in [-0.2, -0.15) is 0 Å². The van der Waals surface area contributed by atoms with Crippen LogP contribution < -0.4 is 10.6 Å². The van der Waals surface area contributed by atoms with E-state index in [1.54, 1.807) is 0 Å². The molecule has 0 radical (unpaired) electrons. The lowest BCUT2D eigenvalue weighted by Crippen LogP contribution is -2.67. The Bertz CT molecular complexity index is 495. The van der Waals surface area contributed by atoms with Gasteiger partial charge in [0.15, 0.2) is 5.96 Å². The van der Waals surface area contributed by atoms with Crippen molar-refractivity contribution in [2.75, 3.05) is 33.3 Å². The van der Waals surface area contributed by atoms with E-state index < -0.39 is 6.43 Å². The monoisotopic (exact) mass is 514 g/mol. The molecule has 2 aliphatic carbocycles. The average Bonchev–Trinajstić information content (AvgIpc) is 2.68. The first-order chi connectivity index (χ1) is 13.1. The summed E-state index contributed by atoms with van der Waals surface area (Å²) in [5, 5.41) is 7.20. The third-order valence-corrected chi connectivity index (χ3v) is 6.80. The molecule has 5 nitrogen and oxygen atoms in total. The zero-order valence-electron chi connectivity index (χ0n) is 17.3. The topological polar surface area (TPSA) is 48.9 Å². The number of ether oxygens (including phenoxy) is 1. The lowest BCUT2D eigenvalue weighted by atomic mass is 9.55. The van der Waals surface area contributed by atoms with Crippen LogP contribution in [0, 0.1) is 5.41 Å². The molecule has 0 aromatic carbocycles. The number of nitrogens with one attached hydrogen (secondary N) is 2. The van der Waals surface area contributed by atoms with Crippen LogP contribution >= 0.6 is 24.0 Å². The number of likely N-dealkylation sites (tertiary alicyclic amines) is 1. The first-order valence-corrected chi connectivity index (χ1v) is 10.7. The Balaban J connectivity index is 0.00000280. The van der Waals surface area contributed by atoms with Crippen molar-refractivity contribution < 1.29 is 13.5 Å². The van der Waals surface area contributed by atoms with E-state index >= 15 is 0 Å². The van der Waals surface area contributed by atoms with Crippen LogP contribution in [0.1, 0.15) is 58.3 Å². The molecular formula is C20H37F2IN4O. The Morgan fingerprint density at radius 2 is 1.86 bits per heavy atom. The highest BCUT2D eigenvalue weighted by atomic mass is 127. The second-order valence-corrected chi connectivity index (χ2v) is 8.35. The Labute approximate surface area is 185 Å². The summed E-state index contributed by atoms with van der Waals surface area (Å²) in [7, 11) is 1.81. The van der Waals surface area contributed by atoms with Crippen LogP contribution in [0.25, 0.3) is 0 Å². The van der Waals surface area contributed by atoms with Gasteiger partial charge in [0, 0.05) is 44.2 Å². The fourth-order valence-corrected chi connectivity index (χ4v) is 5.25. The molecular weight excluding hydrogens is 477 g/mol. The quantitative estimate of drug-likeness (QED) is 0.323. The van der Waals surface area contributed by atoms with Gasteiger partial charge in [0.1, 0.15) is 0 Å². The second kappa shape index (κ2) is 11.2. The summed E-state index contributed by atoms with van der Waals surface area (Å²) in [5.74, 6) is 0.854. The minimum absolute atomic E-state index is 0. The lowest BCUT2D eigenvalue weighted by Gasteiger charge is -2.58. The fourth-order valence-electron chi connectivity index (χ4n) is 5.25. The molecule has 1 saturated heterocycles.